The van der Waals surface area contributed by atoms with E-state index in [-0.39, 0.29) is 11.5 Å². The van der Waals surface area contributed by atoms with Crippen LogP contribution in [0.2, 0.25) is 0 Å². The molecule has 0 bridgehead atoms. The summed E-state index contributed by atoms with van der Waals surface area (Å²) in [6.45, 7) is 1.94. The van der Waals surface area contributed by atoms with Gasteiger partial charge in [-0.15, -0.1) is 0 Å². The van der Waals surface area contributed by atoms with Crippen LogP contribution in [0.3, 0.4) is 0 Å². The number of aryl methyl sites for hydroxylation is 1. The summed E-state index contributed by atoms with van der Waals surface area (Å²) >= 11 is 0. The van der Waals surface area contributed by atoms with Gasteiger partial charge in [0.2, 0.25) is 0 Å². The van der Waals surface area contributed by atoms with Crippen molar-refractivity contribution >= 4 is 0 Å². The van der Waals surface area contributed by atoms with Crippen molar-refractivity contribution in [1.82, 2.24) is 4.90 Å². The van der Waals surface area contributed by atoms with Crippen LogP contribution in [-0.2, 0) is 0 Å². The van der Waals surface area contributed by atoms with E-state index in [1.807, 2.05) is 33.2 Å². The summed E-state index contributed by atoms with van der Waals surface area (Å²) in [5.74, 6) is 1.83. The minimum Gasteiger partial charge on any atom is -0.465 e. The van der Waals surface area contributed by atoms with Gasteiger partial charge in [-0.1, -0.05) is 6.42 Å². The molecule has 0 radical (unpaired) electrons. The topological polar surface area (TPSA) is 40.2 Å². The molecule has 0 spiro atoms. The average molecular weight is 218 g/mol. The van der Waals surface area contributed by atoms with Gasteiger partial charge >= 0.3 is 0 Å². The Morgan fingerprint density at radius 2 is 2.12 bits per heavy atom. The third-order valence-electron chi connectivity index (χ3n) is 3.54. The van der Waals surface area contributed by atoms with E-state index in [1.54, 1.807) is 0 Å². The first-order valence-electron chi connectivity index (χ1n) is 5.73. The number of nitrogens with zero attached hydrogens (tertiary/aromatic N) is 2. The number of nitriles is 1. The van der Waals surface area contributed by atoms with Gasteiger partial charge in [0.25, 0.3) is 0 Å². The van der Waals surface area contributed by atoms with Crippen LogP contribution in [0.4, 0.5) is 0 Å². The highest BCUT2D eigenvalue weighted by Crippen LogP contribution is 2.51. The highest BCUT2D eigenvalue weighted by Gasteiger charge is 2.47. The predicted molar refractivity (Wildman–Crippen MR) is 61.8 cm³/mol. The standard InChI is InChI=1S/C13H18N2O/c1-10-5-6-11(16-10)12(15(2)3)13(9-14)7-4-8-13/h5-6,12H,4,7-8H2,1-3H3. The molecule has 0 aromatic carbocycles. The van der Waals surface area contributed by atoms with Crippen LogP contribution < -0.4 is 0 Å². The number of rotatable bonds is 3. The smallest absolute Gasteiger partial charge is 0.122 e. The van der Waals surface area contributed by atoms with Crippen molar-refractivity contribution < 1.29 is 4.42 Å². The highest BCUT2D eigenvalue weighted by atomic mass is 16.3. The zero-order valence-electron chi connectivity index (χ0n) is 10.2. The normalized spacial score (nSPS) is 20.2. The van der Waals surface area contributed by atoms with E-state index >= 15 is 0 Å². The lowest BCUT2D eigenvalue weighted by atomic mass is 9.64. The summed E-state index contributed by atoms with van der Waals surface area (Å²) in [7, 11) is 4.03. The second kappa shape index (κ2) is 3.95. The molecular weight excluding hydrogens is 200 g/mol. The fraction of sp³-hybridized carbons (Fsp3) is 0.615. The van der Waals surface area contributed by atoms with Gasteiger partial charge in [0.15, 0.2) is 0 Å². The Morgan fingerprint density at radius 3 is 2.44 bits per heavy atom. The quantitative estimate of drug-likeness (QED) is 0.783. The SMILES string of the molecule is Cc1ccc(C(N(C)C)C2(C#N)CCC2)o1. The first-order chi connectivity index (χ1) is 7.59. The van der Waals surface area contributed by atoms with Gasteiger partial charge in [0, 0.05) is 0 Å². The maximum atomic E-state index is 9.41. The largest absolute Gasteiger partial charge is 0.465 e. The van der Waals surface area contributed by atoms with Gasteiger partial charge in [0.1, 0.15) is 11.5 Å². The van der Waals surface area contributed by atoms with Crippen molar-refractivity contribution in [1.29, 1.82) is 5.26 Å². The van der Waals surface area contributed by atoms with E-state index in [0.29, 0.717) is 0 Å². The van der Waals surface area contributed by atoms with Gasteiger partial charge in [0.05, 0.1) is 17.5 Å². The molecule has 0 N–H and O–H groups in total. The van der Waals surface area contributed by atoms with Crippen LogP contribution in [-0.4, -0.2) is 19.0 Å². The second-order valence-corrected chi connectivity index (χ2v) is 4.94. The van der Waals surface area contributed by atoms with Crippen molar-refractivity contribution in [2.24, 2.45) is 5.41 Å². The molecule has 1 aliphatic rings. The number of hydrogen-bond acceptors (Lipinski definition) is 3. The van der Waals surface area contributed by atoms with Crippen LogP contribution >= 0.6 is 0 Å². The zero-order chi connectivity index (χ0) is 11.8. The summed E-state index contributed by atoms with van der Waals surface area (Å²) in [5, 5.41) is 9.41. The Hall–Kier alpha value is -1.27. The van der Waals surface area contributed by atoms with E-state index < -0.39 is 0 Å². The maximum Gasteiger partial charge on any atom is 0.122 e. The van der Waals surface area contributed by atoms with Crippen LogP contribution in [0.5, 0.6) is 0 Å². The molecule has 1 heterocycles. The van der Waals surface area contributed by atoms with Gasteiger partial charge in [-0.3, -0.25) is 4.90 Å². The number of hydrogen-bond donors (Lipinski definition) is 0. The predicted octanol–water partition coefficient (Wildman–Crippen LogP) is 2.88. The van der Waals surface area contributed by atoms with Crippen molar-refractivity contribution in [3.8, 4) is 6.07 Å². The molecule has 86 valence electrons. The summed E-state index contributed by atoms with van der Waals surface area (Å²) < 4.78 is 5.70. The molecule has 2 rings (SSSR count). The van der Waals surface area contributed by atoms with Crippen molar-refractivity contribution in [3.05, 3.63) is 23.7 Å². The fourth-order valence-corrected chi connectivity index (χ4v) is 2.63. The Morgan fingerprint density at radius 1 is 1.44 bits per heavy atom. The zero-order valence-corrected chi connectivity index (χ0v) is 10.2. The lowest BCUT2D eigenvalue weighted by molar-refractivity contribution is 0.0592. The average Bonchev–Trinajstić information content (AvgIpc) is 2.57. The van der Waals surface area contributed by atoms with Crippen LogP contribution in [0.25, 0.3) is 0 Å². The molecule has 1 aromatic rings. The molecule has 1 fully saturated rings. The lowest BCUT2D eigenvalue weighted by Gasteiger charge is -2.43. The third-order valence-corrected chi connectivity index (χ3v) is 3.54. The second-order valence-electron chi connectivity index (χ2n) is 4.94. The highest BCUT2D eigenvalue weighted by molar-refractivity contribution is 5.20. The summed E-state index contributed by atoms with van der Waals surface area (Å²) in [6, 6.07) is 6.55. The Labute approximate surface area is 96.7 Å². The molecule has 3 heteroatoms. The molecule has 3 nitrogen and oxygen atoms in total. The van der Waals surface area contributed by atoms with E-state index in [1.165, 1.54) is 0 Å². The molecule has 0 saturated heterocycles. The molecule has 0 amide bonds. The summed E-state index contributed by atoms with van der Waals surface area (Å²) in [6.07, 6.45) is 3.11. The minimum absolute atomic E-state index is 0.0833. The van der Waals surface area contributed by atoms with E-state index in [2.05, 4.69) is 11.0 Å². The van der Waals surface area contributed by atoms with Gasteiger partial charge in [-0.05, 0) is 46.0 Å². The Balaban J connectivity index is 2.35. The van der Waals surface area contributed by atoms with Crippen molar-refractivity contribution in [2.75, 3.05) is 14.1 Å². The number of furan rings is 1. The van der Waals surface area contributed by atoms with Gasteiger partial charge in [-0.25, -0.2) is 0 Å². The third kappa shape index (κ3) is 1.64. The summed E-state index contributed by atoms with van der Waals surface area (Å²) in [5.41, 5.74) is -0.242. The fourth-order valence-electron chi connectivity index (χ4n) is 2.63. The van der Waals surface area contributed by atoms with Crippen molar-refractivity contribution in [3.63, 3.8) is 0 Å². The Bertz CT molecular complexity index is 410. The molecule has 1 unspecified atom stereocenters. The van der Waals surface area contributed by atoms with E-state index in [0.717, 1.165) is 30.8 Å². The minimum atomic E-state index is -0.242. The monoisotopic (exact) mass is 218 g/mol. The van der Waals surface area contributed by atoms with Gasteiger partial charge < -0.3 is 4.42 Å². The van der Waals surface area contributed by atoms with E-state index in [4.69, 9.17) is 4.42 Å². The van der Waals surface area contributed by atoms with E-state index in [9.17, 15) is 5.26 Å². The molecule has 1 aliphatic carbocycles. The Kier molecular flexibility index (Phi) is 2.77. The molecule has 0 aliphatic heterocycles. The molecule has 1 aromatic heterocycles. The maximum absolute atomic E-state index is 9.41. The van der Waals surface area contributed by atoms with Crippen LogP contribution in [0, 0.1) is 23.7 Å². The lowest BCUT2D eigenvalue weighted by Crippen LogP contribution is -2.41. The van der Waals surface area contributed by atoms with Crippen molar-refractivity contribution in [2.45, 2.75) is 32.2 Å². The molecule has 1 saturated carbocycles. The summed E-state index contributed by atoms with van der Waals surface area (Å²) in [4.78, 5) is 2.10. The van der Waals surface area contributed by atoms with Crippen LogP contribution in [0.1, 0.15) is 36.8 Å². The molecule has 16 heavy (non-hydrogen) atoms. The molecular formula is C13H18N2O. The first kappa shape index (κ1) is 11.2. The van der Waals surface area contributed by atoms with Crippen LogP contribution in [0.15, 0.2) is 16.5 Å². The first-order valence-corrected chi connectivity index (χ1v) is 5.73. The van der Waals surface area contributed by atoms with Gasteiger partial charge in [-0.2, -0.15) is 5.26 Å². The molecule has 1 atom stereocenters.